The second-order valence-electron chi connectivity index (χ2n) is 5.30. The van der Waals surface area contributed by atoms with Gasteiger partial charge in [-0.2, -0.15) is 4.98 Å². The van der Waals surface area contributed by atoms with E-state index in [2.05, 4.69) is 15.5 Å². The number of carbonyl (C=O) groups is 1. The minimum atomic E-state index is -0.410. The summed E-state index contributed by atoms with van der Waals surface area (Å²) >= 11 is 11.8. The van der Waals surface area contributed by atoms with Crippen LogP contribution in [-0.4, -0.2) is 22.7 Å². The van der Waals surface area contributed by atoms with Gasteiger partial charge in [-0.25, -0.2) is 0 Å². The second kappa shape index (κ2) is 7.66. The van der Waals surface area contributed by atoms with Crippen molar-refractivity contribution in [2.24, 2.45) is 0 Å². The largest absolute Gasteiger partial charge is 0.482 e. The Morgan fingerprint density at radius 2 is 2.09 bits per heavy atom. The van der Waals surface area contributed by atoms with E-state index in [4.69, 9.17) is 32.5 Å². The molecule has 1 N–H and O–H groups in total. The molecule has 0 aliphatic heterocycles. The molecule has 6 nitrogen and oxygen atoms in total. The number of rotatable bonds is 6. The third-order valence-electron chi connectivity index (χ3n) is 2.97. The lowest BCUT2D eigenvalue weighted by molar-refractivity contribution is -0.123. The minimum Gasteiger partial charge on any atom is -0.482 e. The number of nitrogens with one attached hydrogen (secondary N) is 1. The van der Waals surface area contributed by atoms with E-state index in [1.54, 1.807) is 25.1 Å². The monoisotopic (exact) mass is 357 g/mol. The average Bonchev–Trinajstić information content (AvgIpc) is 2.96. The third-order valence-corrected chi connectivity index (χ3v) is 3.50. The first-order valence-corrected chi connectivity index (χ1v) is 7.83. The van der Waals surface area contributed by atoms with E-state index >= 15 is 0 Å². The number of aromatic nitrogens is 2. The zero-order valence-electron chi connectivity index (χ0n) is 13.0. The Bertz CT molecular complexity index is 688. The lowest BCUT2D eigenvalue weighted by Crippen LogP contribution is -2.31. The molecule has 0 radical (unpaired) electrons. The summed E-state index contributed by atoms with van der Waals surface area (Å²) in [5, 5.41) is 7.42. The first-order chi connectivity index (χ1) is 10.9. The molecule has 8 heteroatoms. The molecule has 0 bridgehead atoms. The van der Waals surface area contributed by atoms with Crippen LogP contribution < -0.4 is 10.1 Å². The Kier molecular flexibility index (Phi) is 5.85. The number of amides is 1. The van der Waals surface area contributed by atoms with Crippen molar-refractivity contribution in [2.45, 2.75) is 32.7 Å². The lowest BCUT2D eigenvalue weighted by atomic mass is 10.2. The van der Waals surface area contributed by atoms with Gasteiger partial charge >= 0.3 is 0 Å². The maximum atomic E-state index is 11.9. The van der Waals surface area contributed by atoms with Crippen LogP contribution in [0, 0.1) is 0 Å². The van der Waals surface area contributed by atoms with E-state index in [0.29, 0.717) is 27.5 Å². The molecule has 2 rings (SSSR count). The molecule has 0 aliphatic carbocycles. The molecular weight excluding hydrogens is 341 g/mol. The summed E-state index contributed by atoms with van der Waals surface area (Å²) < 4.78 is 10.5. The zero-order valence-corrected chi connectivity index (χ0v) is 14.5. The predicted octanol–water partition coefficient (Wildman–Crippen LogP) is 3.76. The number of ether oxygens (including phenoxy) is 1. The molecule has 0 fully saturated rings. The van der Waals surface area contributed by atoms with Crippen molar-refractivity contribution in [2.75, 3.05) is 6.61 Å². The Morgan fingerprint density at radius 1 is 1.35 bits per heavy atom. The van der Waals surface area contributed by atoms with Gasteiger partial charge in [-0.05, 0) is 25.1 Å². The summed E-state index contributed by atoms with van der Waals surface area (Å²) in [6.07, 6.45) is 0. The van der Waals surface area contributed by atoms with Crippen molar-refractivity contribution >= 4 is 29.1 Å². The van der Waals surface area contributed by atoms with Gasteiger partial charge in [0.15, 0.2) is 12.4 Å². The fraction of sp³-hybridized carbons (Fsp3) is 0.400. The van der Waals surface area contributed by atoms with Gasteiger partial charge in [0.2, 0.25) is 5.89 Å². The van der Waals surface area contributed by atoms with Gasteiger partial charge in [0.1, 0.15) is 11.8 Å². The summed E-state index contributed by atoms with van der Waals surface area (Å²) in [7, 11) is 0. The van der Waals surface area contributed by atoms with Gasteiger partial charge in [0.25, 0.3) is 5.91 Å². The summed E-state index contributed by atoms with van der Waals surface area (Å²) in [5.74, 6) is 1.18. The molecular formula is C15H17Cl2N3O3. The van der Waals surface area contributed by atoms with Crippen molar-refractivity contribution < 1.29 is 14.1 Å². The van der Waals surface area contributed by atoms with Crippen molar-refractivity contribution in [3.63, 3.8) is 0 Å². The molecule has 0 saturated carbocycles. The Balaban J connectivity index is 1.88. The Labute approximate surface area is 144 Å². The van der Waals surface area contributed by atoms with Crippen LogP contribution >= 0.6 is 23.2 Å². The molecule has 2 aromatic rings. The van der Waals surface area contributed by atoms with E-state index < -0.39 is 6.04 Å². The predicted molar refractivity (Wildman–Crippen MR) is 86.9 cm³/mol. The molecule has 0 saturated heterocycles. The maximum absolute atomic E-state index is 11.9. The van der Waals surface area contributed by atoms with E-state index in [1.165, 1.54) is 0 Å². The molecule has 0 unspecified atom stereocenters. The van der Waals surface area contributed by atoms with E-state index in [-0.39, 0.29) is 18.4 Å². The van der Waals surface area contributed by atoms with Gasteiger partial charge in [-0.15, -0.1) is 0 Å². The molecule has 23 heavy (non-hydrogen) atoms. The van der Waals surface area contributed by atoms with Crippen LogP contribution in [0.3, 0.4) is 0 Å². The van der Waals surface area contributed by atoms with Gasteiger partial charge in [-0.1, -0.05) is 42.2 Å². The second-order valence-corrected chi connectivity index (χ2v) is 6.14. The van der Waals surface area contributed by atoms with Crippen LogP contribution in [0.4, 0.5) is 0 Å². The van der Waals surface area contributed by atoms with Gasteiger partial charge in [0.05, 0.1) is 5.02 Å². The van der Waals surface area contributed by atoms with Crippen molar-refractivity contribution in [3.05, 3.63) is 40.0 Å². The molecule has 0 aliphatic rings. The normalized spacial score (nSPS) is 12.3. The fourth-order valence-electron chi connectivity index (χ4n) is 1.74. The van der Waals surface area contributed by atoms with Crippen LogP contribution in [0.5, 0.6) is 5.75 Å². The highest BCUT2D eigenvalue weighted by molar-refractivity contribution is 6.35. The number of hydrogen-bond acceptors (Lipinski definition) is 5. The number of carbonyl (C=O) groups excluding carboxylic acids is 1. The summed E-state index contributed by atoms with van der Waals surface area (Å²) in [6, 6.07) is 4.38. The first kappa shape index (κ1) is 17.6. The topological polar surface area (TPSA) is 77.2 Å². The van der Waals surface area contributed by atoms with Crippen LogP contribution in [0.15, 0.2) is 22.7 Å². The van der Waals surface area contributed by atoms with Gasteiger partial charge in [-0.3, -0.25) is 4.79 Å². The number of halogens is 2. The maximum Gasteiger partial charge on any atom is 0.258 e. The van der Waals surface area contributed by atoms with Gasteiger partial charge < -0.3 is 14.6 Å². The van der Waals surface area contributed by atoms with Crippen LogP contribution in [0.1, 0.15) is 44.4 Å². The summed E-state index contributed by atoms with van der Waals surface area (Å²) in [6.45, 7) is 5.49. The molecule has 1 aromatic heterocycles. The molecule has 1 atom stereocenters. The average molecular weight is 358 g/mol. The minimum absolute atomic E-state index is 0.158. The molecule has 1 amide bonds. The smallest absolute Gasteiger partial charge is 0.258 e. The summed E-state index contributed by atoms with van der Waals surface area (Å²) in [4.78, 5) is 16.2. The highest BCUT2D eigenvalue weighted by Gasteiger charge is 2.18. The zero-order chi connectivity index (χ0) is 17.0. The Morgan fingerprint density at radius 3 is 2.70 bits per heavy atom. The van der Waals surface area contributed by atoms with E-state index in [9.17, 15) is 4.79 Å². The standard InChI is InChI=1S/C15H17Cl2N3O3/c1-8(2)14-19-15(23-20-14)9(3)18-13(21)7-22-12-5-4-10(16)6-11(12)17/h4-6,8-9H,7H2,1-3H3,(H,18,21)/t9-/m0/s1. The van der Waals surface area contributed by atoms with Crippen LogP contribution in [0.25, 0.3) is 0 Å². The highest BCUT2D eigenvalue weighted by Crippen LogP contribution is 2.27. The van der Waals surface area contributed by atoms with Crippen molar-refractivity contribution in [1.82, 2.24) is 15.5 Å². The van der Waals surface area contributed by atoms with Crippen molar-refractivity contribution in [3.8, 4) is 5.75 Å². The summed E-state index contributed by atoms with van der Waals surface area (Å²) in [5.41, 5.74) is 0. The SMILES string of the molecule is CC(C)c1noc([C@H](C)NC(=O)COc2ccc(Cl)cc2Cl)n1. The quantitative estimate of drug-likeness (QED) is 0.851. The number of benzene rings is 1. The van der Waals surface area contributed by atoms with Crippen LogP contribution in [0.2, 0.25) is 10.0 Å². The molecule has 0 spiro atoms. The molecule has 1 heterocycles. The van der Waals surface area contributed by atoms with E-state index in [0.717, 1.165) is 0 Å². The molecule has 1 aromatic carbocycles. The van der Waals surface area contributed by atoms with E-state index in [1.807, 2.05) is 13.8 Å². The highest BCUT2D eigenvalue weighted by atomic mass is 35.5. The van der Waals surface area contributed by atoms with Gasteiger partial charge in [0, 0.05) is 10.9 Å². The van der Waals surface area contributed by atoms with Crippen LogP contribution in [-0.2, 0) is 4.79 Å². The third kappa shape index (κ3) is 4.84. The number of hydrogen-bond donors (Lipinski definition) is 1. The fourth-order valence-corrected chi connectivity index (χ4v) is 2.20. The number of nitrogens with zero attached hydrogens (tertiary/aromatic N) is 2. The first-order valence-electron chi connectivity index (χ1n) is 7.07. The lowest BCUT2D eigenvalue weighted by Gasteiger charge is -2.11. The van der Waals surface area contributed by atoms with Crippen molar-refractivity contribution in [1.29, 1.82) is 0 Å². The molecule has 124 valence electrons. The Hall–Kier alpha value is -1.79.